The van der Waals surface area contributed by atoms with Crippen molar-refractivity contribution in [1.82, 2.24) is 15.5 Å². The van der Waals surface area contributed by atoms with Gasteiger partial charge in [-0.2, -0.15) is 0 Å². The Hall–Kier alpha value is -0.610. The van der Waals surface area contributed by atoms with Gasteiger partial charge in [0.2, 0.25) is 5.91 Å². The van der Waals surface area contributed by atoms with Crippen molar-refractivity contribution in [3.63, 3.8) is 0 Å². The first-order chi connectivity index (χ1) is 9.15. The Kier molecular flexibility index (Phi) is 5.64. The lowest BCUT2D eigenvalue weighted by Crippen LogP contribution is -2.47. The summed E-state index contributed by atoms with van der Waals surface area (Å²) in [5.41, 5.74) is 0. The second-order valence-corrected chi connectivity index (χ2v) is 6.46. The normalized spacial score (nSPS) is 30.8. The molecule has 2 aliphatic rings. The van der Waals surface area contributed by atoms with Gasteiger partial charge in [0.1, 0.15) is 0 Å². The summed E-state index contributed by atoms with van der Waals surface area (Å²) in [6.07, 6.45) is 5.54. The number of likely N-dealkylation sites (N-methyl/N-ethyl adjacent to an activating group) is 1. The number of hydrogen-bond acceptors (Lipinski definition) is 3. The lowest BCUT2D eigenvalue weighted by atomic mass is 9.85. The van der Waals surface area contributed by atoms with Gasteiger partial charge in [0.15, 0.2) is 0 Å². The van der Waals surface area contributed by atoms with E-state index in [0.717, 1.165) is 32.6 Å². The fourth-order valence-electron chi connectivity index (χ4n) is 3.39. The van der Waals surface area contributed by atoms with Crippen LogP contribution in [0.4, 0.5) is 0 Å². The Bertz CT molecular complexity index is 289. The fourth-order valence-corrected chi connectivity index (χ4v) is 3.39. The van der Waals surface area contributed by atoms with Crippen molar-refractivity contribution in [2.24, 2.45) is 11.8 Å². The molecule has 0 bridgehead atoms. The Morgan fingerprint density at radius 3 is 2.95 bits per heavy atom. The highest BCUT2D eigenvalue weighted by Crippen LogP contribution is 2.22. The molecule has 0 saturated carbocycles. The van der Waals surface area contributed by atoms with Crippen molar-refractivity contribution in [2.75, 3.05) is 33.2 Å². The van der Waals surface area contributed by atoms with Crippen LogP contribution in [0.15, 0.2) is 0 Å². The van der Waals surface area contributed by atoms with Crippen LogP contribution in [0.5, 0.6) is 0 Å². The van der Waals surface area contributed by atoms with E-state index in [2.05, 4.69) is 29.5 Å². The number of likely N-dealkylation sites (tertiary alicyclic amines) is 1. The third-order valence-corrected chi connectivity index (χ3v) is 4.64. The molecule has 2 rings (SSSR count). The van der Waals surface area contributed by atoms with Crippen molar-refractivity contribution in [2.45, 2.75) is 45.1 Å². The van der Waals surface area contributed by atoms with E-state index in [1.54, 1.807) is 0 Å². The minimum Gasteiger partial charge on any atom is -0.352 e. The molecule has 0 aromatic heterocycles. The van der Waals surface area contributed by atoms with Crippen LogP contribution in [0.2, 0.25) is 0 Å². The van der Waals surface area contributed by atoms with Gasteiger partial charge in [-0.25, -0.2) is 0 Å². The van der Waals surface area contributed by atoms with E-state index in [0.29, 0.717) is 24.3 Å². The van der Waals surface area contributed by atoms with Crippen molar-refractivity contribution in [3.8, 4) is 0 Å². The van der Waals surface area contributed by atoms with E-state index in [9.17, 15) is 4.79 Å². The number of hydrogen-bond donors (Lipinski definition) is 2. The number of rotatable bonds is 4. The van der Waals surface area contributed by atoms with Crippen LogP contribution >= 0.6 is 0 Å². The van der Waals surface area contributed by atoms with Gasteiger partial charge in [0.05, 0.1) is 0 Å². The number of carbonyl (C=O) groups excluding carboxylic acids is 1. The zero-order valence-corrected chi connectivity index (χ0v) is 12.5. The van der Waals surface area contributed by atoms with Gasteiger partial charge in [-0.3, -0.25) is 4.79 Å². The Balaban J connectivity index is 1.70. The first-order valence-electron chi connectivity index (χ1n) is 7.84. The van der Waals surface area contributed by atoms with Gasteiger partial charge in [-0.1, -0.05) is 6.92 Å². The van der Waals surface area contributed by atoms with E-state index in [-0.39, 0.29) is 5.91 Å². The molecule has 110 valence electrons. The molecule has 0 aromatic carbocycles. The molecule has 4 heteroatoms. The number of piperidine rings is 2. The summed E-state index contributed by atoms with van der Waals surface area (Å²) >= 11 is 0. The van der Waals surface area contributed by atoms with E-state index >= 15 is 0 Å². The molecule has 0 aromatic rings. The van der Waals surface area contributed by atoms with Crippen LogP contribution < -0.4 is 10.6 Å². The predicted octanol–water partition coefficient (Wildman–Crippen LogP) is 1.22. The standard InChI is InChI=1S/C15H29N3O/c1-12(13-5-3-7-16-10-13)9-15(19)17-14-6-4-8-18(2)11-14/h12-14,16H,3-11H2,1-2H3,(H,17,19). The maximum atomic E-state index is 12.1. The monoisotopic (exact) mass is 267 g/mol. The molecule has 3 unspecified atom stereocenters. The lowest BCUT2D eigenvalue weighted by Gasteiger charge is -2.31. The SMILES string of the molecule is CC(CC(=O)NC1CCCN(C)C1)C1CCCNC1. The van der Waals surface area contributed by atoms with Crippen LogP contribution in [0.3, 0.4) is 0 Å². The van der Waals surface area contributed by atoms with Crippen molar-refractivity contribution in [3.05, 3.63) is 0 Å². The molecule has 3 atom stereocenters. The fraction of sp³-hybridized carbons (Fsp3) is 0.933. The van der Waals surface area contributed by atoms with Gasteiger partial charge in [-0.15, -0.1) is 0 Å². The van der Waals surface area contributed by atoms with E-state index in [4.69, 9.17) is 0 Å². The second-order valence-electron chi connectivity index (χ2n) is 6.46. The molecular weight excluding hydrogens is 238 g/mol. The molecule has 1 amide bonds. The minimum absolute atomic E-state index is 0.248. The summed E-state index contributed by atoms with van der Waals surface area (Å²) < 4.78 is 0. The van der Waals surface area contributed by atoms with Crippen molar-refractivity contribution >= 4 is 5.91 Å². The zero-order chi connectivity index (χ0) is 13.7. The third-order valence-electron chi connectivity index (χ3n) is 4.64. The summed E-state index contributed by atoms with van der Waals surface area (Å²) in [6, 6.07) is 0.364. The van der Waals surface area contributed by atoms with E-state index in [1.165, 1.54) is 19.3 Å². The summed E-state index contributed by atoms with van der Waals surface area (Å²) in [5.74, 6) is 1.42. The Morgan fingerprint density at radius 2 is 2.26 bits per heavy atom. The molecule has 2 aliphatic heterocycles. The quantitative estimate of drug-likeness (QED) is 0.805. The van der Waals surface area contributed by atoms with Crippen LogP contribution in [0, 0.1) is 11.8 Å². The highest BCUT2D eigenvalue weighted by atomic mass is 16.1. The zero-order valence-electron chi connectivity index (χ0n) is 12.5. The average Bonchev–Trinajstić information content (AvgIpc) is 2.39. The number of nitrogens with one attached hydrogen (secondary N) is 2. The third kappa shape index (κ3) is 4.77. The highest BCUT2D eigenvalue weighted by molar-refractivity contribution is 5.76. The van der Waals surface area contributed by atoms with Gasteiger partial charge in [0, 0.05) is 19.0 Å². The van der Waals surface area contributed by atoms with Gasteiger partial charge < -0.3 is 15.5 Å². The molecule has 2 saturated heterocycles. The van der Waals surface area contributed by atoms with E-state index in [1.807, 2.05) is 0 Å². The molecule has 4 nitrogen and oxygen atoms in total. The van der Waals surface area contributed by atoms with Crippen LogP contribution in [-0.4, -0.2) is 50.1 Å². The van der Waals surface area contributed by atoms with E-state index < -0.39 is 0 Å². The Labute approximate surface area is 117 Å². The van der Waals surface area contributed by atoms with Crippen LogP contribution in [0.25, 0.3) is 0 Å². The molecular formula is C15H29N3O. The lowest BCUT2D eigenvalue weighted by molar-refractivity contribution is -0.123. The molecule has 0 spiro atoms. The molecule has 2 heterocycles. The summed E-state index contributed by atoms with van der Waals surface area (Å²) in [5, 5.41) is 6.66. The maximum absolute atomic E-state index is 12.1. The first-order valence-corrected chi connectivity index (χ1v) is 7.84. The summed E-state index contributed by atoms with van der Waals surface area (Å²) in [4.78, 5) is 14.4. The van der Waals surface area contributed by atoms with Crippen LogP contribution in [0.1, 0.15) is 39.0 Å². The molecule has 0 aliphatic carbocycles. The highest BCUT2D eigenvalue weighted by Gasteiger charge is 2.24. The largest absolute Gasteiger partial charge is 0.352 e. The molecule has 2 N–H and O–H groups in total. The van der Waals surface area contributed by atoms with Crippen molar-refractivity contribution in [1.29, 1.82) is 0 Å². The topological polar surface area (TPSA) is 44.4 Å². The van der Waals surface area contributed by atoms with Crippen molar-refractivity contribution < 1.29 is 4.79 Å². The van der Waals surface area contributed by atoms with Crippen LogP contribution in [-0.2, 0) is 4.79 Å². The first kappa shape index (κ1) is 14.8. The molecule has 19 heavy (non-hydrogen) atoms. The molecule has 2 fully saturated rings. The summed E-state index contributed by atoms with van der Waals surface area (Å²) in [6.45, 7) is 6.62. The molecule has 0 radical (unpaired) electrons. The number of nitrogens with zero attached hydrogens (tertiary/aromatic N) is 1. The Morgan fingerprint density at radius 1 is 1.42 bits per heavy atom. The smallest absolute Gasteiger partial charge is 0.220 e. The second kappa shape index (κ2) is 7.25. The predicted molar refractivity (Wildman–Crippen MR) is 78.0 cm³/mol. The minimum atomic E-state index is 0.248. The maximum Gasteiger partial charge on any atom is 0.220 e. The average molecular weight is 267 g/mol. The van der Waals surface area contributed by atoms with Gasteiger partial charge in [-0.05, 0) is 64.2 Å². The summed E-state index contributed by atoms with van der Waals surface area (Å²) in [7, 11) is 2.13. The number of amides is 1. The van der Waals surface area contributed by atoms with Gasteiger partial charge >= 0.3 is 0 Å². The van der Waals surface area contributed by atoms with Gasteiger partial charge in [0.25, 0.3) is 0 Å². The number of carbonyl (C=O) groups is 1.